The summed E-state index contributed by atoms with van der Waals surface area (Å²) in [7, 11) is 1.40. The molecule has 0 radical (unpaired) electrons. The summed E-state index contributed by atoms with van der Waals surface area (Å²) in [6, 6.07) is 7.99. The summed E-state index contributed by atoms with van der Waals surface area (Å²) in [5.41, 5.74) is 2.43. The molecule has 1 aromatic carbocycles. The lowest BCUT2D eigenvalue weighted by Crippen LogP contribution is -2.36. The number of hydrogen-bond donors (Lipinski definition) is 1. The van der Waals surface area contributed by atoms with Crippen molar-refractivity contribution in [3.05, 3.63) is 35.4 Å². The molecule has 3 nitrogen and oxygen atoms in total. The van der Waals surface area contributed by atoms with E-state index in [1.54, 1.807) is 6.92 Å². The van der Waals surface area contributed by atoms with Crippen LogP contribution in [0.1, 0.15) is 31.0 Å². The van der Waals surface area contributed by atoms with Crippen LogP contribution in [-0.4, -0.2) is 19.1 Å². The zero-order chi connectivity index (χ0) is 12.1. The summed E-state index contributed by atoms with van der Waals surface area (Å²) in [6.45, 7) is 5.92. The molecule has 0 saturated heterocycles. The van der Waals surface area contributed by atoms with Crippen molar-refractivity contribution in [2.75, 3.05) is 7.11 Å². The van der Waals surface area contributed by atoms with Crippen molar-refractivity contribution in [3.8, 4) is 0 Å². The molecule has 0 aliphatic heterocycles. The molecule has 16 heavy (non-hydrogen) atoms. The normalized spacial score (nSPS) is 14.2. The minimum atomic E-state index is -0.292. The summed E-state index contributed by atoms with van der Waals surface area (Å²) >= 11 is 0. The van der Waals surface area contributed by atoms with Gasteiger partial charge in [-0.1, -0.05) is 24.3 Å². The number of rotatable bonds is 4. The number of nitrogens with one attached hydrogen (secondary N) is 1. The number of carbonyl (C=O) groups excluding carboxylic acids is 1. The van der Waals surface area contributed by atoms with Gasteiger partial charge in [0.15, 0.2) is 0 Å². The van der Waals surface area contributed by atoms with Crippen LogP contribution in [0.5, 0.6) is 0 Å². The number of hydrogen-bond acceptors (Lipinski definition) is 3. The Bertz CT molecular complexity index is 363. The second kappa shape index (κ2) is 5.66. The predicted molar refractivity (Wildman–Crippen MR) is 64.2 cm³/mol. The standard InChI is InChI=1S/C13H19NO2/c1-9-7-5-6-8-12(9)10(2)14-11(3)13(15)16-4/h5-8,10-11,14H,1-4H3. The molecule has 0 aliphatic carbocycles. The second-order valence-corrected chi connectivity index (χ2v) is 3.99. The van der Waals surface area contributed by atoms with Crippen molar-refractivity contribution in [2.45, 2.75) is 32.9 Å². The molecule has 1 rings (SSSR count). The molecule has 0 amide bonds. The highest BCUT2D eigenvalue weighted by molar-refractivity contribution is 5.75. The van der Waals surface area contributed by atoms with Gasteiger partial charge in [0.1, 0.15) is 6.04 Å². The maximum Gasteiger partial charge on any atom is 0.322 e. The molecule has 0 spiro atoms. The van der Waals surface area contributed by atoms with E-state index in [4.69, 9.17) is 0 Å². The largest absolute Gasteiger partial charge is 0.468 e. The Morgan fingerprint density at radius 1 is 1.31 bits per heavy atom. The average molecular weight is 221 g/mol. The van der Waals surface area contributed by atoms with Crippen molar-refractivity contribution in [2.24, 2.45) is 0 Å². The Kier molecular flexibility index (Phi) is 4.50. The number of ether oxygens (including phenoxy) is 1. The third kappa shape index (κ3) is 3.07. The highest BCUT2D eigenvalue weighted by atomic mass is 16.5. The first-order valence-electron chi connectivity index (χ1n) is 5.45. The third-order valence-electron chi connectivity index (χ3n) is 2.71. The maximum atomic E-state index is 11.3. The van der Waals surface area contributed by atoms with Crippen LogP contribution < -0.4 is 5.32 Å². The molecule has 0 heterocycles. The molecule has 88 valence electrons. The fraction of sp³-hybridized carbons (Fsp3) is 0.462. The topological polar surface area (TPSA) is 38.3 Å². The van der Waals surface area contributed by atoms with Crippen LogP contribution in [-0.2, 0) is 9.53 Å². The van der Waals surface area contributed by atoms with E-state index in [0.717, 1.165) is 0 Å². The quantitative estimate of drug-likeness (QED) is 0.792. The van der Waals surface area contributed by atoms with Gasteiger partial charge in [-0.15, -0.1) is 0 Å². The number of aryl methyl sites for hydroxylation is 1. The summed E-state index contributed by atoms with van der Waals surface area (Å²) < 4.78 is 4.68. The Labute approximate surface area is 96.8 Å². The lowest BCUT2D eigenvalue weighted by molar-refractivity contribution is -0.142. The molecule has 2 unspecified atom stereocenters. The van der Waals surface area contributed by atoms with E-state index in [9.17, 15) is 4.79 Å². The first kappa shape index (κ1) is 12.7. The Hall–Kier alpha value is -1.35. The van der Waals surface area contributed by atoms with Crippen molar-refractivity contribution < 1.29 is 9.53 Å². The minimum absolute atomic E-state index is 0.135. The van der Waals surface area contributed by atoms with Crippen molar-refractivity contribution in [1.82, 2.24) is 5.32 Å². The monoisotopic (exact) mass is 221 g/mol. The van der Waals surface area contributed by atoms with Crippen molar-refractivity contribution >= 4 is 5.97 Å². The van der Waals surface area contributed by atoms with Gasteiger partial charge in [-0.25, -0.2) is 0 Å². The molecule has 0 saturated carbocycles. The van der Waals surface area contributed by atoms with Crippen molar-refractivity contribution in [3.63, 3.8) is 0 Å². The van der Waals surface area contributed by atoms with E-state index in [0.29, 0.717) is 0 Å². The van der Waals surface area contributed by atoms with E-state index in [-0.39, 0.29) is 18.1 Å². The Balaban J connectivity index is 2.69. The SMILES string of the molecule is COC(=O)C(C)NC(C)c1ccccc1C. The molecule has 3 heteroatoms. The van der Waals surface area contributed by atoms with E-state index in [1.807, 2.05) is 19.1 Å². The molecule has 0 bridgehead atoms. The number of methoxy groups -OCH3 is 1. The molecular formula is C13H19NO2. The first-order chi connectivity index (χ1) is 7.56. The van der Waals surface area contributed by atoms with Crippen molar-refractivity contribution in [1.29, 1.82) is 0 Å². The fourth-order valence-electron chi connectivity index (χ4n) is 1.78. The van der Waals surface area contributed by atoms with E-state index in [2.05, 4.69) is 29.1 Å². The van der Waals surface area contributed by atoms with Crippen LogP contribution in [0.15, 0.2) is 24.3 Å². The Morgan fingerprint density at radius 3 is 2.50 bits per heavy atom. The van der Waals surface area contributed by atoms with Gasteiger partial charge in [-0.05, 0) is 31.9 Å². The predicted octanol–water partition coefficient (Wildman–Crippen LogP) is 2.21. The van der Waals surface area contributed by atoms with Crippen LogP contribution >= 0.6 is 0 Å². The summed E-state index contributed by atoms with van der Waals surface area (Å²) in [5.74, 6) is -0.236. The number of benzene rings is 1. The molecular weight excluding hydrogens is 202 g/mol. The molecule has 0 aromatic heterocycles. The van der Waals surface area contributed by atoms with E-state index >= 15 is 0 Å². The zero-order valence-corrected chi connectivity index (χ0v) is 10.3. The number of esters is 1. The van der Waals surface area contributed by atoms with Gasteiger partial charge in [0, 0.05) is 6.04 Å². The Morgan fingerprint density at radius 2 is 1.94 bits per heavy atom. The summed E-state index contributed by atoms with van der Waals surface area (Å²) in [4.78, 5) is 11.3. The van der Waals surface area contributed by atoms with Gasteiger partial charge < -0.3 is 4.74 Å². The molecule has 0 aliphatic rings. The van der Waals surface area contributed by atoms with Gasteiger partial charge in [-0.2, -0.15) is 0 Å². The highest BCUT2D eigenvalue weighted by Crippen LogP contribution is 2.17. The van der Waals surface area contributed by atoms with Crippen LogP contribution in [0.2, 0.25) is 0 Å². The maximum absolute atomic E-state index is 11.3. The zero-order valence-electron chi connectivity index (χ0n) is 10.3. The van der Waals surface area contributed by atoms with Gasteiger partial charge in [0.2, 0.25) is 0 Å². The molecule has 2 atom stereocenters. The highest BCUT2D eigenvalue weighted by Gasteiger charge is 2.16. The first-order valence-corrected chi connectivity index (χ1v) is 5.45. The molecule has 1 N–H and O–H groups in total. The van der Waals surface area contributed by atoms with Gasteiger partial charge in [-0.3, -0.25) is 10.1 Å². The second-order valence-electron chi connectivity index (χ2n) is 3.99. The van der Waals surface area contributed by atoms with E-state index in [1.165, 1.54) is 18.2 Å². The van der Waals surface area contributed by atoms with Crippen LogP contribution in [0, 0.1) is 6.92 Å². The van der Waals surface area contributed by atoms with Crippen LogP contribution in [0.4, 0.5) is 0 Å². The summed E-state index contributed by atoms with van der Waals surface area (Å²) in [5, 5.41) is 3.21. The van der Waals surface area contributed by atoms with Crippen LogP contribution in [0.25, 0.3) is 0 Å². The summed E-state index contributed by atoms with van der Waals surface area (Å²) in [6.07, 6.45) is 0. The lowest BCUT2D eigenvalue weighted by Gasteiger charge is -2.20. The molecule has 1 aromatic rings. The van der Waals surface area contributed by atoms with Gasteiger partial charge in [0.05, 0.1) is 7.11 Å². The molecule has 0 fully saturated rings. The third-order valence-corrected chi connectivity index (χ3v) is 2.71. The van der Waals surface area contributed by atoms with E-state index < -0.39 is 0 Å². The van der Waals surface area contributed by atoms with Gasteiger partial charge >= 0.3 is 5.97 Å². The lowest BCUT2D eigenvalue weighted by atomic mass is 10.0. The minimum Gasteiger partial charge on any atom is -0.468 e. The smallest absolute Gasteiger partial charge is 0.322 e. The van der Waals surface area contributed by atoms with Crippen LogP contribution in [0.3, 0.4) is 0 Å². The fourth-order valence-corrected chi connectivity index (χ4v) is 1.78. The van der Waals surface area contributed by atoms with Gasteiger partial charge in [0.25, 0.3) is 0 Å². The average Bonchev–Trinajstić information content (AvgIpc) is 2.28. The number of carbonyl (C=O) groups is 1.